The highest BCUT2D eigenvalue weighted by molar-refractivity contribution is 5.81. The van der Waals surface area contributed by atoms with Gasteiger partial charge >= 0.3 is 12.1 Å². The summed E-state index contributed by atoms with van der Waals surface area (Å²) >= 11 is 0. The van der Waals surface area contributed by atoms with Crippen LogP contribution >= 0.6 is 0 Å². The number of aliphatic carboxylic acids is 1. The Kier molecular flexibility index (Phi) is 6.55. The number of nitrogens with one attached hydrogen (secondary N) is 2. The minimum absolute atomic E-state index is 0.0715. The molecule has 1 atom stereocenters. The lowest BCUT2D eigenvalue weighted by atomic mass is 9.98. The minimum atomic E-state index is -2.07. The predicted octanol–water partition coefficient (Wildman–Crippen LogP) is 2.65. The van der Waals surface area contributed by atoms with Crippen molar-refractivity contribution in [2.24, 2.45) is 0 Å². The number of carbonyl (C=O) groups excluding carboxylic acids is 2. The van der Waals surface area contributed by atoms with Gasteiger partial charge in [0.1, 0.15) is 6.61 Å². The number of hydrogen-bond acceptors (Lipinski definition) is 5. The molecule has 0 fully saturated rings. The number of ether oxygens (including phenoxy) is 1. The first kappa shape index (κ1) is 23.3. The van der Waals surface area contributed by atoms with Crippen molar-refractivity contribution in [3.8, 4) is 11.1 Å². The lowest BCUT2D eigenvalue weighted by Crippen LogP contribution is -2.50. The van der Waals surface area contributed by atoms with Crippen molar-refractivity contribution in [3.05, 3.63) is 59.7 Å². The van der Waals surface area contributed by atoms with Crippen LogP contribution in [0, 0.1) is 0 Å². The van der Waals surface area contributed by atoms with Crippen molar-refractivity contribution in [1.29, 1.82) is 0 Å². The summed E-state index contributed by atoms with van der Waals surface area (Å²) < 4.78 is 5.50. The molecule has 0 radical (unpaired) electrons. The number of carboxylic acids is 1. The summed E-state index contributed by atoms with van der Waals surface area (Å²) in [5.74, 6) is -2.01. The lowest BCUT2D eigenvalue weighted by molar-refractivity contribution is -0.156. The van der Waals surface area contributed by atoms with Crippen LogP contribution in [0.3, 0.4) is 0 Å². The van der Waals surface area contributed by atoms with E-state index in [0.29, 0.717) is 0 Å². The van der Waals surface area contributed by atoms with Gasteiger partial charge in [-0.1, -0.05) is 48.5 Å². The van der Waals surface area contributed by atoms with E-state index >= 15 is 0 Å². The van der Waals surface area contributed by atoms with Gasteiger partial charge in [-0.05, 0) is 43.0 Å². The third kappa shape index (κ3) is 5.26. The zero-order valence-corrected chi connectivity index (χ0v) is 18.3. The first-order chi connectivity index (χ1) is 15.0. The van der Waals surface area contributed by atoms with Gasteiger partial charge in [-0.3, -0.25) is 4.79 Å². The maximum Gasteiger partial charge on any atom is 0.407 e. The molecule has 1 unspecified atom stereocenters. The monoisotopic (exact) mass is 440 g/mol. The fourth-order valence-corrected chi connectivity index (χ4v) is 3.77. The number of benzene rings is 2. The van der Waals surface area contributed by atoms with Gasteiger partial charge in [0.2, 0.25) is 5.91 Å². The van der Waals surface area contributed by atoms with Crippen molar-refractivity contribution in [3.63, 3.8) is 0 Å². The molecule has 32 heavy (non-hydrogen) atoms. The predicted molar refractivity (Wildman–Crippen MR) is 118 cm³/mol. The van der Waals surface area contributed by atoms with Crippen LogP contribution in [0.5, 0.6) is 0 Å². The summed E-state index contributed by atoms with van der Waals surface area (Å²) in [6, 6.07) is 16.0. The van der Waals surface area contributed by atoms with E-state index in [2.05, 4.69) is 22.8 Å². The van der Waals surface area contributed by atoms with E-state index in [1.165, 1.54) is 0 Å². The van der Waals surface area contributed by atoms with E-state index in [1.807, 2.05) is 36.4 Å². The molecule has 2 aromatic carbocycles. The zero-order valence-electron chi connectivity index (χ0n) is 18.3. The minimum Gasteiger partial charge on any atom is -0.479 e. The van der Waals surface area contributed by atoms with Crippen LogP contribution < -0.4 is 10.6 Å². The number of rotatable bonds is 8. The highest BCUT2D eigenvalue weighted by Crippen LogP contribution is 2.44. The van der Waals surface area contributed by atoms with Crippen molar-refractivity contribution in [2.75, 3.05) is 13.2 Å². The second-order valence-electron chi connectivity index (χ2n) is 8.87. The number of fused-ring (bicyclic) bond motifs is 3. The van der Waals surface area contributed by atoms with Gasteiger partial charge in [-0.2, -0.15) is 0 Å². The maximum absolute atomic E-state index is 12.4. The summed E-state index contributed by atoms with van der Waals surface area (Å²) in [5, 5.41) is 23.6. The summed E-state index contributed by atoms with van der Waals surface area (Å²) in [5.41, 5.74) is 1.45. The van der Waals surface area contributed by atoms with Crippen LogP contribution in [-0.2, 0) is 14.3 Å². The van der Waals surface area contributed by atoms with E-state index in [9.17, 15) is 19.5 Å². The van der Waals surface area contributed by atoms with E-state index in [1.54, 1.807) is 13.8 Å². The Labute approximate surface area is 186 Å². The van der Waals surface area contributed by atoms with Crippen LogP contribution in [-0.4, -0.2) is 52.5 Å². The van der Waals surface area contributed by atoms with Crippen molar-refractivity contribution in [1.82, 2.24) is 10.6 Å². The molecule has 1 aliphatic rings. The summed E-state index contributed by atoms with van der Waals surface area (Å²) in [7, 11) is 0. The molecule has 0 spiro atoms. The molecular weight excluding hydrogens is 412 g/mol. The fraction of sp³-hybridized carbons (Fsp3) is 0.375. The molecule has 0 aliphatic heterocycles. The molecule has 170 valence electrons. The quantitative estimate of drug-likeness (QED) is 0.500. The van der Waals surface area contributed by atoms with E-state index in [4.69, 9.17) is 9.84 Å². The van der Waals surface area contributed by atoms with Crippen LogP contribution in [0.15, 0.2) is 48.5 Å². The van der Waals surface area contributed by atoms with E-state index < -0.39 is 35.7 Å². The fourth-order valence-electron chi connectivity index (χ4n) is 3.77. The Hall–Kier alpha value is -3.39. The molecule has 0 saturated carbocycles. The first-order valence-corrected chi connectivity index (χ1v) is 10.4. The number of amides is 2. The number of hydrogen-bond donors (Lipinski definition) is 4. The summed E-state index contributed by atoms with van der Waals surface area (Å²) in [6.45, 7) is 4.12. The Morgan fingerprint density at radius 1 is 0.969 bits per heavy atom. The highest BCUT2D eigenvalue weighted by Gasteiger charge is 2.32. The molecule has 4 N–H and O–H groups in total. The Morgan fingerprint density at radius 3 is 2.03 bits per heavy atom. The number of carboxylic acid groups (broad SMARTS) is 1. The van der Waals surface area contributed by atoms with Crippen LogP contribution in [0.2, 0.25) is 0 Å². The number of carbonyl (C=O) groups is 3. The van der Waals surface area contributed by atoms with Crippen LogP contribution in [0.25, 0.3) is 11.1 Å². The molecule has 2 amide bonds. The van der Waals surface area contributed by atoms with Crippen molar-refractivity contribution < 1.29 is 29.3 Å². The second-order valence-corrected chi connectivity index (χ2v) is 8.87. The zero-order chi connectivity index (χ0) is 23.5. The molecular formula is C24H28N2O6. The van der Waals surface area contributed by atoms with Gasteiger partial charge in [0.05, 0.1) is 6.54 Å². The van der Waals surface area contributed by atoms with E-state index in [0.717, 1.165) is 29.2 Å². The maximum atomic E-state index is 12.4. The standard InChI is InChI=1S/C24H28N2O6/c1-23(2,12-20(27)25-14-24(3,31)21(28)29)26-22(30)32-13-19-17-10-6-4-8-15(17)16-9-5-7-11-18(16)19/h4-11,19,31H,12-14H2,1-3H3,(H,25,27)(H,26,30)(H,28,29). The molecule has 3 rings (SSSR count). The van der Waals surface area contributed by atoms with Crippen molar-refractivity contribution in [2.45, 2.75) is 44.2 Å². The molecule has 8 heteroatoms. The largest absolute Gasteiger partial charge is 0.479 e. The second kappa shape index (κ2) is 9.00. The van der Waals surface area contributed by atoms with Crippen LogP contribution in [0.4, 0.5) is 4.79 Å². The van der Waals surface area contributed by atoms with Gasteiger partial charge in [-0.15, -0.1) is 0 Å². The molecule has 0 heterocycles. The topological polar surface area (TPSA) is 125 Å². The third-order valence-electron chi connectivity index (χ3n) is 5.48. The lowest BCUT2D eigenvalue weighted by Gasteiger charge is -2.26. The summed E-state index contributed by atoms with van der Waals surface area (Å²) in [6.07, 6.45) is -0.769. The van der Waals surface area contributed by atoms with Gasteiger partial charge in [0.25, 0.3) is 0 Å². The van der Waals surface area contributed by atoms with Gasteiger partial charge in [0, 0.05) is 17.9 Å². The average Bonchev–Trinajstić information content (AvgIpc) is 3.04. The molecule has 0 bridgehead atoms. The van der Waals surface area contributed by atoms with Gasteiger partial charge < -0.3 is 25.6 Å². The van der Waals surface area contributed by atoms with Gasteiger partial charge in [-0.25, -0.2) is 9.59 Å². The normalized spacial score (nSPS) is 14.6. The van der Waals surface area contributed by atoms with Crippen LogP contribution in [0.1, 0.15) is 44.2 Å². The average molecular weight is 440 g/mol. The van der Waals surface area contributed by atoms with Gasteiger partial charge in [0.15, 0.2) is 5.60 Å². The molecule has 8 nitrogen and oxygen atoms in total. The smallest absolute Gasteiger partial charge is 0.407 e. The molecule has 1 aliphatic carbocycles. The Morgan fingerprint density at radius 2 is 1.50 bits per heavy atom. The number of alkyl carbamates (subject to hydrolysis) is 1. The first-order valence-electron chi connectivity index (χ1n) is 10.4. The Bertz CT molecular complexity index is 985. The Balaban J connectivity index is 1.55. The third-order valence-corrected chi connectivity index (χ3v) is 5.48. The SMILES string of the molecule is CC(C)(CC(=O)NCC(C)(O)C(=O)O)NC(=O)OCC1c2ccccc2-c2ccccc21. The highest BCUT2D eigenvalue weighted by atomic mass is 16.5. The summed E-state index contributed by atoms with van der Waals surface area (Å²) in [4.78, 5) is 35.5. The number of aliphatic hydroxyl groups is 1. The van der Waals surface area contributed by atoms with Crippen molar-refractivity contribution >= 4 is 18.0 Å². The molecule has 0 aromatic heterocycles. The molecule has 2 aromatic rings. The van der Waals surface area contributed by atoms with E-state index in [-0.39, 0.29) is 18.9 Å². The molecule has 0 saturated heterocycles.